The molecule has 0 radical (unpaired) electrons. The van der Waals surface area contributed by atoms with Gasteiger partial charge in [-0.3, -0.25) is 4.57 Å². The first-order valence-electron chi connectivity index (χ1n) is 17.9. The van der Waals surface area contributed by atoms with Crippen molar-refractivity contribution in [3.05, 3.63) is 160 Å². The van der Waals surface area contributed by atoms with E-state index >= 15 is 0 Å². The van der Waals surface area contributed by atoms with Crippen molar-refractivity contribution in [2.45, 2.75) is 51.9 Å². The summed E-state index contributed by atoms with van der Waals surface area (Å²) in [6.45, 7) is 16.5. The van der Waals surface area contributed by atoms with Crippen LogP contribution in [0.5, 0.6) is 0 Å². The Morgan fingerprint density at radius 2 is 1.16 bits per heavy atom. The molecule has 0 spiro atoms. The summed E-state index contributed by atoms with van der Waals surface area (Å²) in [6, 6.07) is 42.8. The van der Waals surface area contributed by atoms with Crippen molar-refractivity contribution < 1.29 is 0 Å². The van der Waals surface area contributed by atoms with Gasteiger partial charge in [-0.05, 0) is 63.6 Å². The van der Waals surface area contributed by atoms with Crippen molar-refractivity contribution >= 4 is 29.1 Å². The van der Waals surface area contributed by atoms with Crippen LogP contribution < -0.4 is 10.6 Å². The summed E-state index contributed by atoms with van der Waals surface area (Å²) in [4.78, 5) is 15.4. The highest BCUT2D eigenvalue weighted by molar-refractivity contribution is 6.00. The lowest BCUT2D eigenvalue weighted by Gasteiger charge is -2.23. The summed E-state index contributed by atoms with van der Waals surface area (Å²) < 4.78 is 2.17. The van der Waals surface area contributed by atoms with Gasteiger partial charge in [0.25, 0.3) is 0 Å². The van der Waals surface area contributed by atoms with Crippen molar-refractivity contribution in [3.8, 4) is 39.9 Å². The molecule has 0 saturated carbocycles. The van der Waals surface area contributed by atoms with Crippen LogP contribution in [0.2, 0.25) is 0 Å². The molecule has 4 nitrogen and oxygen atoms in total. The molecule has 0 amide bonds. The van der Waals surface area contributed by atoms with Crippen LogP contribution in [-0.4, -0.2) is 19.5 Å². The predicted octanol–water partition coefficient (Wildman–Crippen LogP) is 9.80. The molecule has 0 N–H and O–H groups in total. The van der Waals surface area contributed by atoms with Gasteiger partial charge in [0, 0.05) is 37.9 Å². The Morgan fingerprint density at radius 1 is 0.608 bits per heavy atom. The lowest BCUT2D eigenvalue weighted by atomic mass is 9.80. The maximum atomic E-state index is 5.19. The number of aromatic nitrogens is 4. The summed E-state index contributed by atoms with van der Waals surface area (Å²) in [5, 5.41) is 3.08. The van der Waals surface area contributed by atoms with E-state index in [0.29, 0.717) is 17.6 Å². The van der Waals surface area contributed by atoms with Crippen LogP contribution >= 0.6 is 0 Å². The SMILES string of the molecule is C=c1c(=CC2=C(CC)C(C)(C)c3ccccc32)c2cc3c(cc2n1-c1nc(-c2ccccc2)nc(-c2ccccc2)n1)C(C)(C)c1ccccc1-3. The number of hydrogen-bond donors (Lipinski definition) is 0. The molecule has 7 aromatic rings. The summed E-state index contributed by atoms with van der Waals surface area (Å²) in [7, 11) is 0. The molecule has 0 unspecified atom stereocenters. The van der Waals surface area contributed by atoms with Crippen LogP contribution in [0.3, 0.4) is 0 Å². The van der Waals surface area contributed by atoms with Crippen molar-refractivity contribution in [3.63, 3.8) is 0 Å². The van der Waals surface area contributed by atoms with Crippen molar-refractivity contribution in [2.24, 2.45) is 0 Å². The van der Waals surface area contributed by atoms with Gasteiger partial charge >= 0.3 is 0 Å². The Bertz CT molecular complexity index is 2620. The van der Waals surface area contributed by atoms with E-state index in [1.165, 1.54) is 44.5 Å². The Hall–Kier alpha value is -5.87. The fourth-order valence-corrected chi connectivity index (χ4v) is 8.71. The van der Waals surface area contributed by atoms with Gasteiger partial charge in [-0.15, -0.1) is 0 Å². The number of rotatable bonds is 5. The largest absolute Gasteiger partial charge is 0.278 e. The number of benzene rings is 5. The number of nitrogens with zero attached hydrogens (tertiary/aromatic N) is 4. The Balaban J connectivity index is 1.40. The van der Waals surface area contributed by atoms with E-state index in [1.807, 2.05) is 36.4 Å². The van der Waals surface area contributed by atoms with Gasteiger partial charge in [0.1, 0.15) is 0 Å². The average Bonchev–Trinajstić information content (AvgIpc) is 3.65. The van der Waals surface area contributed by atoms with Gasteiger partial charge in [-0.25, -0.2) is 4.98 Å². The van der Waals surface area contributed by atoms with E-state index in [-0.39, 0.29) is 10.8 Å². The predicted molar refractivity (Wildman–Crippen MR) is 211 cm³/mol. The van der Waals surface area contributed by atoms with Crippen LogP contribution in [0.1, 0.15) is 63.3 Å². The molecule has 2 aliphatic rings. The van der Waals surface area contributed by atoms with Crippen molar-refractivity contribution in [1.29, 1.82) is 0 Å². The molecule has 4 heteroatoms. The third kappa shape index (κ3) is 4.63. The van der Waals surface area contributed by atoms with E-state index in [0.717, 1.165) is 39.0 Å². The molecule has 0 atom stereocenters. The molecule has 5 aromatic carbocycles. The molecule has 0 bridgehead atoms. The Labute approximate surface area is 299 Å². The molecule has 2 heterocycles. The summed E-state index contributed by atoms with van der Waals surface area (Å²) in [5.41, 5.74) is 13.3. The van der Waals surface area contributed by atoms with Gasteiger partial charge in [-0.2, -0.15) is 9.97 Å². The summed E-state index contributed by atoms with van der Waals surface area (Å²) in [5.74, 6) is 1.81. The van der Waals surface area contributed by atoms with Gasteiger partial charge in [0.2, 0.25) is 5.95 Å². The smallest absolute Gasteiger partial charge is 0.238 e. The zero-order chi connectivity index (χ0) is 35.1. The summed E-state index contributed by atoms with van der Waals surface area (Å²) in [6.07, 6.45) is 3.35. The molecule has 0 fully saturated rings. The van der Waals surface area contributed by atoms with Crippen LogP contribution in [0.15, 0.2) is 127 Å². The topological polar surface area (TPSA) is 43.6 Å². The highest BCUT2D eigenvalue weighted by Crippen LogP contribution is 2.50. The fraction of sp³-hybridized carbons (Fsp3) is 0.170. The average molecular weight is 661 g/mol. The van der Waals surface area contributed by atoms with Gasteiger partial charge in [0.05, 0.1) is 5.52 Å². The molecule has 248 valence electrons. The highest BCUT2D eigenvalue weighted by atomic mass is 15.2. The maximum absolute atomic E-state index is 5.19. The second kappa shape index (κ2) is 11.3. The third-order valence-electron chi connectivity index (χ3n) is 11.3. The van der Waals surface area contributed by atoms with E-state index in [4.69, 9.17) is 21.5 Å². The zero-order valence-corrected chi connectivity index (χ0v) is 29.8. The molecular weight excluding hydrogens is 621 g/mol. The Kier molecular flexibility index (Phi) is 6.92. The van der Waals surface area contributed by atoms with E-state index in [2.05, 4.69) is 130 Å². The zero-order valence-electron chi connectivity index (χ0n) is 29.8. The van der Waals surface area contributed by atoms with Crippen LogP contribution in [0, 0.1) is 0 Å². The van der Waals surface area contributed by atoms with Crippen LogP contribution in [-0.2, 0) is 10.8 Å². The molecular formula is C47H40N4. The lowest BCUT2D eigenvalue weighted by molar-refractivity contribution is 0.617. The molecule has 2 aliphatic carbocycles. The first-order valence-corrected chi connectivity index (χ1v) is 17.9. The minimum absolute atomic E-state index is 0.0650. The minimum atomic E-state index is -0.170. The van der Waals surface area contributed by atoms with Gasteiger partial charge in [-0.1, -0.05) is 156 Å². The quantitative estimate of drug-likeness (QED) is 0.185. The Morgan fingerprint density at radius 3 is 1.76 bits per heavy atom. The van der Waals surface area contributed by atoms with E-state index < -0.39 is 0 Å². The minimum Gasteiger partial charge on any atom is -0.278 e. The van der Waals surface area contributed by atoms with Crippen molar-refractivity contribution in [1.82, 2.24) is 19.5 Å². The second-order valence-electron chi connectivity index (χ2n) is 14.9. The molecule has 2 aromatic heterocycles. The monoisotopic (exact) mass is 660 g/mol. The lowest BCUT2D eigenvalue weighted by Crippen LogP contribution is -2.28. The van der Waals surface area contributed by atoms with Crippen molar-refractivity contribution in [2.75, 3.05) is 0 Å². The number of hydrogen-bond acceptors (Lipinski definition) is 3. The van der Waals surface area contributed by atoms with Gasteiger partial charge in [0.15, 0.2) is 11.6 Å². The number of fused-ring (bicyclic) bond motifs is 5. The third-order valence-corrected chi connectivity index (χ3v) is 11.3. The molecule has 9 rings (SSSR count). The van der Waals surface area contributed by atoms with E-state index in [9.17, 15) is 0 Å². The molecule has 0 aliphatic heterocycles. The fourth-order valence-electron chi connectivity index (χ4n) is 8.71. The first-order chi connectivity index (χ1) is 24.7. The van der Waals surface area contributed by atoms with Gasteiger partial charge < -0.3 is 0 Å². The van der Waals surface area contributed by atoms with Crippen LogP contribution in [0.25, 0.3) is 69.0 Å². The molecule has 0 saturated heterocycles. The standard InChI is InChI=1S/C47H40N4/c1-7-38-35(32-22-14-16-24-39(32)46(38,3)4)26-34-29(2)51(42-28-41-36(27-37(34)42)33-23-15-17-25-40(33)47(41,5)6)45-49-43(30-18-10-8-11-19-30)48-44(50-45)31-20-12-9-13-21-31/h8-28H,2,7H2,1,3-6H3. The first kappa shape index (κ1) is 31.1. The normalized spacial score (nSPS) is 15.7. The number of allylic oxidation sites excluding steroid dienone is 2. The maximum Gasteiger partial charge on any atom is 0.238 e. The van der Waals surface area contributed by atoms with E-state index in [1.54, 1.807) is 0 Å². The molecule has 51 heavy (non-hydrogen) atoms. The summed E-state index contributed by atoms with van der Waals surface area (Å²) >= 11 is 0. The highest BCUT2D eigenvalue weighted by Gasteiger charge is 2.37. The van der Waals surface area contributed by atoms with Crippen LogP contribution in [0.4, 0.5) is 0 Å². The second-order valence-corrected chi connectivity index (χ2v) is 14.9.